The number of anilines is 2. The van der Waals surface area contributed by atoms with E-state index < -0.39 is 0 Å². The van der Waals surface area contributed by atoms with Gasteiger partial charge in [-0.1, -0.05) is 19.1 Å². The molecule has 0 saturated heterocycles. The smallest absolute Gasteiger partial charge is 0.255 e. The van der Waals surface area contributed by atoms with Crippen LogP contribution in [-0.2, 0) is 10.5 Å². The van der Waals surface area contributed by atoms with Gasteiger partial charge in [-0.3, -0.25) is 14.6 Å². The van der Waals surface area contributed by atoms with Gasteiger partial charge >= 0.3 is 0 Å². The summed E-state index contributed by atoms with van der Waals surface area (Å²) in [4.78, 5) is 29.2. The molecule has 2 N–H and O–H groups in total. The lowest BCUT2D eigenvalue weighted by Gasteiger charge is -2.09. The Kier molecular flexibility index (Phi) is 6.81. The topological polar surface area (TPSA) is 71.1 Å². The number of aromatic nitrogens is 1. The summed E-state index contributed by atoms with van der Waals surface area (Å²) in [6.45, 7) is 1.78. The molecule has 3 rings (SSSR count). The minimum Gasteiger partial charge on any atom is -0.326 e. The summed E-state index contributed by atoms with van der Waals surface area (Å²) >= 11 is 1.71. The predicted molar refractivity (Wildman–Crippen MR) is 114 cm³/mol. The van der Waals surface area contributed by atoms with E-state index in [1.54, 1.807) is 49.1 Å². The van der Waals surface area contributed by atoms with Crippen molar-refractivity contribution in [1.82, 2.24) is 4.98 Å². The van der Waals surface area contributed by atoms with Crippen LogP contribution < -0.4 is 10.6 Å². The lowest BCUT2D eigenvalue weighted by Crippen LogP contribution is -2.13. The van der Waals surface area contributed by atoms with Gasteiger partial charge in [0.2, 0.25) is 5.91 Å². The molecular weight excluding hydrogens is 370 g/mol. The zero-order chi connectivity index (χ0) is 19.8. The Labute approximate surface area is 168 Å². The van der Waals surface area contributed by atoms with Crippen LogP contribution in [0.1, 0.15) is 29.3 Å². The van der Waals surface area contributed by atoms with E-state index in [4.69, 9.17) is 0 Å². The normalized spacial score (nSPS) is 10.3. The number of thioether (sulfide) groups is 1. The van der Waals surface area contributed by atoms with Crippen molar-refractivity contribution in [2.24, 2.45) is 0 Å². The van der Waals surface area contributed by atoms with Gasteiger partial charge in [-0.05, 0) is 54.1 Å². The average Bonchev–Trinajstić information content (AvgIpc) is 2.74. The van der Waals surface area contributed by atoms with Crippen LogP contribution in [0.15, 0.2) is 78.0 Å². The predicted octanol–water partition coefficient (Wildman–Crippen LogP) is 4.97. The van der Waals surface area contributed by atoms with E-state index in [1.807, 2.05) is 42.6 Å². The Bertz CT molecular complexity index is 944. The van der Waals surface area contributed by atoms with Gasteiger partial charge in [-0.25, -0.2) is 0 Å². The first-order chi connectivity index (χ1) is 13.6. The monoisotopic (exact) mass is 391 g/mol. The van der Waals surface area contributed by atoms with Crippen LogP contribution in [-0.4, -0.2) is 16.8 Å². The van der Waals surface area contributed by atoms with Gasteiger partial charge in [-0.15, -0.1) is 11.8 Å². The summed E-state index contributed by atoms with van der Waals surface area (Å²) in [7, 11) is 0. The lowest BCUT2D eigenvalue weighted by molar-refractivity contribution is -0.115. The highest BCUT2D eigenvalue weighted by Gasteiger charge is 2.08. The van der Waals surface area contributed by atoms with E-state index in [-0.39, 0.29) is 11.8 Å². The highest BCUT2D eigenvalue weighted by atomic mass is 32.2. The lowest BCUT2D eigenvalue weighted by atomic mass is 10.1. The second kappa shape index (κ2) is 9.71. The maximum atomic E-state index is 12.5. The first-order valence-corrected chi connectivity index (χ1v) is 9.95. The first kappa shape index (κ1) is 19.6. The van der Waals surface area contributed by atoms with Crippen molar-refractivity contribution >= 4 is 35.0 Å². The maximum Gasteiger partial charge on any atom is 0.255 e. The number of benzene rings is 2. The van der Waals surface area contributed by atoms with Crippen molar-refractivity contribution in [2.75, 3.05) is 10.6 Å². The minimum absolute atomic E-state index is 0.0862. The molecule has 142 valence electrons. The molecule has 2 amide bonds. The highest BCUT2D eigenvalue weighted by molar-refractivity contribution is 7.98. The molecule has 0 saturated carbocycles. The van der Waals surface area contributed by atoms with Gasteiger partial charge in [0, 0.05) is 46.4 Å². The van der Waals surface area contributed by atoms with Crippen molar-refractivity contribution in [1.29, 1.82) is 0 Å². The Balaban J connectivity index is 1.58. The second-order valence-corrected chi connectivity index (χ2v) is 7.16. The van der Waals surface area contributed by atoms with Crippen LogP contribution in [0.25, 0.3) is 0 Å². The van der Waals surface area contributed by atoms with Gasteiger partial charge in [0.25, 0.3) is 5.91 Å². The molecule has 0 spiro atoms. The van der Waals surface area contributed by atoms with Gasteiger partial charge in [-0.2, -0.15) is 0 Å². The summed E-state index contributed by atoms with van der Waals surface area (Å²) < 4.78 is 0. The van der Waals surface area contributed by atoms with Crippen LogP contribution in [0.4, 0.5) is 11.4 Å². The number of nitrogens with zero attached hydrogens (tertiary/aromatic N) is 1. The van der Waals surface area contributed by atoms with Crippen LogP contribution in [0.2, 0.25) is 0 Å². The van der Waals surface area contributed by atoms with Crippen LogP contribution in [0.3, 0.4) is 0 Å². The third-order valence-electron chi connectivity index (χ3n) is 3.97. The number of nitrogens with one attached hydrogen (secondary N) is 2. The molecule has 0 fully saturated rings. The number of carbonyl (C=O) groups is 2. The third-order valence-corrected chi connectivity index (χ3v) is 5.05. The summed E-state index contributed by atoms with van der Waals surface area (Å²) in [5.74, 6) is 0.538. The molecular formula is C22H21N3O2S. The van der Waals surface area contributed by atoms with E-state index >= 15 is 0 Å². The Morgan fingerprint density at radius 3 is 2.50 bits per heavy atom. The van der Waals surface area contributed by atoms with E-state index in [2.05, 4.69) is 15.6 Å². The standard InChI is InChI=1S/C22H21N3O2S/c1-2-21(26)24-19-7-3-6-17(13-19)22(27)25-18-8-10-20(11-9-18)28-15-16-5-4-12-23-14-16/h3-14H,2,15H2,1H3,(H,24,26)(H,25,27). The fraction of sp³-hybridized carbons (Fsp3) is 0.136. The van der Waals surface area contributed by atoms with Crippen molar-refractivity contribution < 1.29 is 9.59 Å². The molecule has 0 bridgehead atoms. The fourth-order valence-electron chi connectivity index (χ4n) is 2.48. The summed E-state index contributed by atoms with van der Waals surface area (Å²) in [6.07, 6.45) is 4.01. The molecule has 28 heavy (non-hydrogen) atoms. The van der Waals surface area contributed by atoms with E-state index in [1.165, 1.54) is 5.56 Å². The minimum atomic E-state index is -0.219. The zero-order valence-corrected chi connectivity index (χ0v) is 16.3. The van der Waals surface area contributed by atoms with E-state index in [0.717, 1.165) is 16.3 Å². The number of pyridine rings is 1. The van der Waals surface area contributed by atoms with Crippen LogP contribution in [0.5, 0.6) is 0 Å². The second-order valence-electron chi connectivity index (χ2n) is 6.11. The Morgan fingerprint density at radius 1 is 0.964 bits per heavy atom. The van der Waals surface area contributed by atoms with Crippen LogP contribution >= 0.6 is 11.8 Å². The third kappa shape index (κ3) is 5.69. The largest absolute Gasteiger partial charge is 0.326 e. The molecule has 0 aliphatic carbocycles. The number of rotatable bonds is 7. The fourth-order valence-corrected chi connectivity index (χ4v) is 3.31. The van der Waals surface area contributed by atoms with Gasteiger partial charge in [0.05, 0.1) is 0 Å². The van der Waals surface area contributed by atoms with Crippen molar-refractivity contribution in [2.45, 2.75) is 24.0 Å². The molecule has 0 radical (unpaired) electrons. The molecule has 0 atom stereocenters. The molecule has 5 nitrogen and oxygen atoms in total. The number of amides is 2. The SMILES string of the molecule is CCC(=O)Nc1cccc(C(=O)Nc2ccc(SCc3cccnc3)cc2)c1. The highest BCUT2D eigenvalue weighted by Crippen LogP contribution is 2.24. The molecule has 3 aromatic rings. The summed E-state index contributed by atoms with van der Waals surface area (Å²) in [5, 5.41) is 5.64. The zero-order valence-electron chi connectivity index (χ0n) is 15.5. The van der Waals surface area contributed by atoms with Crippen LogP contribution in [0, 0.1) is 0 Å². The maximum absolute atomic E-state index is 12.5. The quantitative estimate of drug-likeness (QED) is 0.558. The molecule has 1 heterocycles. The molecule has 6 heteroatoms. The van der Waals surface area contributed by atoms with Gasteiger partial charge < -0.3 is 10.6 Å². The Hall–Kier alpha value is -3.12. The molecule has 0 unspecified atom stereocenters. The molecule has 1 aromatic heterocycles. The molecule has 0 aliphatic rings. The van der Waals surface area contributed by atoms with Gasteiger partial charge in [0.15, 0.2) is 0 Å². The molecule has 2 aromatic carbocycles. The summed E-state index contributed by atoms with van der Waals surface area (Å²) in [5.41, 5.74) is 2.99. The van der Waals surface area contributed by atoms with Crippen molar-refractivity contribution in [3.8, 4) is 0 Å². The summed E-state index contributed by atoms with van der Waals surface area (Å²) in [6, 6.07) is 18.6. The van der Waals surface area contributed by atoms with Crippen molar-refractivity contribution in [3.63, 3.8) is 0 Å². The number of hydrogen-bond acceptors (Lipinski definition) is 4. The van der Waals surface area contributed by atoms with E-state index in [0.29, 0.717) is 17.7 Å². The first-order valence-electron chi connectivity index (χ1n) is 8.97. The Morgan fingerprint density at radius 2 is 1.79 bits per heavy atom. The van der Waals surface area contributed by atoms with E-state index in [9.17, 15) is 9.59 Å². The number of hydrogen-bond donors (Lipinski definition) is 2. The van der Waals surface area contributed by atoms with Crippen molar-refractivity contribution in [3.05, 3.63) is 84.2 Å². The molecule has 0 aliphatic heterocycles. The average molecular weight is 391 g/mol. The number of carbonyl (C=O) groups excluding carboxylic acids is 2. The van der Waals surface area contributed by atoms with Gasteiger partial charge in [0.1, 0.15) is 0 Å².